The second kappa shape index (κ2) is 7.94. The molecule has 0 radical (unpaired) electrons. The number of hydrogen-bond donors (Lipinski definition) is 1. The second-order valence-electron chi connectivity index (χ2n) is 5.89. The van der Waals surface area contributed by atoms with E-state index in [0.29, 0.717) is 35.7 Å². The molecule has 0 aliphatic carbocycles. The van der Waals surface area contributed by atoms with Gasteiger partial charge in [0.1, 0.15) is 5.75 Å². The van der Waals surface area contributed by atoms with Crippen molar-refractivity contribution in [1.82, 2.24) is 4.90 Å². The Balaban J connectivity index is 2.16. The Morgan fingerprint density at radius 1 is 1.17 bits per heavy atom. The molecule has 6 heteroatoms. The predicted octanol–water partition coefficient (Wildman–Crippen LogP) is 2.26. The van der Waals surface area contributed by atoms with Gasteiger partial charge in [-0.1, -0.05) is 6.92 Å². The minimum Gasteiger partial charge on any atom is -0.496 e. The van der Waals surface area contributed by atoms with Gasteiger partial charge in [0.05, 0.1) is 27.9 Å². The van der Waals surface area contributed by atoms with Crippen LogP contribution in [0.4, 0.5) is 0 Å². The number of benzene rings is 1. The molecule has 1 aromatic rings. The fourth-order valence-corrected chi connectivity index (χ4v) is 2.88. The lowest BCUT2D eigenvalue weighted by molar-refractivity contribution is 0.270. The van der Waals surface area contributed by atoms with Crippen LogP contribution in [0.3, 0.4) is 0 Å². The molecule has 0 saturated carbocycles. The van der Waals surface area contributed by atoms with Gasteiger partial charge < -0.3 is 24.8 Å². The number of likely N-dealkylation sites (tertiary alicyclic amines) is 1. The smallest absolute Gasteiger partial charge is 0.191 e. The molecule has 1 aliphatic rings. The lowest BCUT2D eigenvalue weighted by Crippen LogP contribution is -2.43. The Bertz CT molecular complexity index is 560. The van der Waals surface area contributed by atoms with Crippen LogP contribution in [0, 0.1) is 5.92 Å². The van der Waals surface area contributed by atoms with Gasteiger partial charge in [-0.25, -0.2) is 4.99 Å². The van der Waals surface area contributed by atoms with E-state index >= 15 is 0 Å². The van der Waals surface area contributed by atoms with Gasteiger partial charge in [0.25, 0.3) is 0 Å². The van der Waals surface area contributed by atoms with Crippen molar-refractivity contribution >= 4 is 5.96 Å². The minimum absolute atomic E-state index is 0.445. The van der Waals surface area contributed by atoms with E-state index in [1.165, 1.54) is 6.42 Å². The molecular formula is C17H27N3O3. The van der Waals surface area contributed by atoms with Crippen molar-refractivity contribution < 1.29 is 14.2 Å². The highest BCUT2D eigenvalue weighted by atomic mass is 16.5. The number of aliphatic imine (C=N–C) groups is 1. The van der Waals surface area contributed by atoms with Crippen LogP contribution in [0.15, 0.2) is 17.1 Å². The zero-order valence-corrected chi connectivity index (χ0v) is 14.5. The monoisotopic (exact) mass is 321 g/mol. The summed E-state index contributed by atoms with van der Waals surface area (Å²) in [5, 5.41) is 0. The number of nitrogens with zero attached hydrogens (tertiary/aromatic N) is 2. The Kier molecular flexibility index (Phi) is 5.96. The van der Waals surface area contributed by atoms with Crippen LogP contribution < -0.4 is 19.9 Å². The summed E-state index contributed by atoms with van der Waals surface area (Å²) in [6.07, 6.45) is 2.42. The van der Waals surface area contributed by atoms with Gasteiger partial charge >= 0.3 is 0 Å². The Labute approximate surface area is 138 Å². The molecule has 1 unspecified atom stereocenters. The van der Waals surface area contributed by atoms with Crippen LogP contribution in [-0.2, 0) is 6.54 Å². The standard InChI is InChI=1S/C17H27N3O3/c1-12-6-5-7-20(11-12)17(18)19-10-13-8-15(22-3)16(23-4)9-14(13)21-2/h8-9,12H,5-7,10-11H2,1-4H3,(H2,18,19). The molecule has 2 N–H and O–H groups in total. The number of hydrogen-bond acceptors (Lipinski definition) is 4. The van der Waals surface area contributed by atoms with Crippen molar-refractivity contribution in [2.45, 2.75) is 26.3 Å². The zero-order chi connectivity index (χ0) is 16.8. The molecular weight excluding hydrogens is 294 g/mol. The third kappa shape index (κ3) is 4.21. The number of methoxy groups -OCH3 is 3. The van der Waals surface area contributed by atoms with Crippen LogP contribution in [0.25, 0.3) is 0 Å². The Hall–Kier alpha value is -2.11. The molecule has 1 aromatic carbocycles. The van der Waals surface area contributed by atoms with Crippen LogP contribution in [0.1, 0.15) is 25.3 Å². The van der Waals surface area contributed by atoms with E-state index in [2.05, 4.69) is 16.8 Å². The molecule has 0 bridgehead atoms. The molecule has 1 heterocycles. The van der Waals surface area contributed by atoms with Crippen LogP contribution in [0.5, 0.6) is 17.2 Å². The maximum atomic E-state index is 6.16. The second-order valence-corrected chi connectivity index (χ2v) is 5.89. The van der Waals surface area contributed by atoms with Gasteiger partial charge in [0, 0.05) is 24.7 Å². The first-order valence-electron chi connectivity index (χ1n) is 7.92. The highest BCUT2D eigenvalue weighted by Gasteiger charge is 2.18. The van der Waals surface area contributed by atoms with Crippen molar-refractivity contribution in [2.24, 2.45) is 16.6 Å². The van der Waals surface area contributed by atoms with Gasteiger partial charge in [0.2, 0.25) is 0 Å². The molecule has 0 spiro atoms. The summed E-state index contributed by atoms with van der Waals surface area (Å²) in [6.45, 7) is 4.64. The van der Waals surface area contributed by atoms with Crippen LogP contribution in [0.2, 0.25) is 0 Å². The van der Waals surface area contributed by atoms with Gasteiger partial charge in [-0.3, -0.25) is 0 Å². The molecule has 2 rings (SSSR count). The van der Waals surface area contributed by atoms with E-state index in [9.17, 15) is 0 Å². The summed E-state index contributed by atoms with van der Waals surface area (Å²) in [5.41, 5.74) is 7.07. The molecule has 128 valence electrons. The minimum atomic E-state index is 0.445. The highest BCUT2D eigenvalue weighted by Crippen LogP contribution is 2.34. The Morgan fingerprint density at radius 2 is 1.83 bits per heavy atom. The first-order chi connectivity index (χ1) is 11.1. The Morgan fingerprint density at radius 3 is 2.43 bits per heavy atom. The third-order valence-electron chi connectivity index (χ3n) is 4.18. The summed E-state index contributed by atoms with van der Waals surface area (Å²) in [4.78, 5) is 6.69. The van der Waals surface area contributed by atoms with E-state index in [1.807, 2.05) is 12.1 Å². The SMILES string of the molecule is COc1cc(OC)c(OC)cc1CN=C(N)N1CCCC(C)C1. The van der Waals surface area contributed by atoms with Crippen LogP contribution in [-0.4, -0.2) is 45.3 Å². The highest BCUT2D eigenvalue weighted by molar-refractivity contribution is 5.78. The molecule has 1 atom stereocenters. The molecule has 1 saturated heterocycles. The summed E-state index contributed by atoms with van der Waals surface area (Å²) in [5.74, 6) is 3.26. The lowest BCUT2D eigenvalue weighted by atomic mass is 10.0. The van der Waals surface area contributed by atoms with Gasteiger partial charge in [-0.15, -0.1) is 0 Å². The van der Waals surface area contributed by atoms with E-state index < -0.39 is 0 Å². The first kappa shape index (κ1) is 17.2. The fraction of sp³-hybridized carbons (Fsp3) is 0.588. The van der Waals surface area contributed by atoms with Crippen LogP contribution >= 0.6 is 0 Å². The van der Waals surface area contributed by atoms with E-state index in [-0.39, 0.29) is 0 Å². The molecule has 23 heavy (non-hydrogen) atoms. The lowest BCUT2D eigenvalue weighted by Gasteiger charge is -2.31. The van der Waals surface area contributed by atoms with Gasteiger partial charge in [-0.2, -0.15) is 0 Å². The van der Waals surface area contributed by atoms with Gasteiger partial charge in [-0.05, 0) is 24.8 Å². The summed E-state index contributed by atoms with van der Waals surface area (Å²) < 4.78 is 16.1. The molecule has 1 fully saturated rings. The van der Waals surface area contributed by atoms with Gasteiger partial charge in [0.15, 0.2) is 17.5 Å². The first-order valence-corrected chi connectivity index (χ1v) is 7.92. The molecule has 6 nitrogen and oxygen atoms in total. The third-order valence-corrected chi connectivity index (χ3v) is 4.18. The zero-order valence-electron chi connectivity index (χ0n) is 14.5. The fourth-order valence-electron chi connectivity index (χ4n) is 2.88. The average molecular weight is 321 g/mol. The normalized spacial score (nSPS) is 18.7. The molecule has 1 aliphatic heterocycles. The topological polar surface area (TPSA) is 69.3 Å². The quantitative estimate of drug-likeness (QED) is 0.665. The number of ether oxygens (including phenoxy) is 3. The summed E-state index contributed by atoms with van der Waals surface area (Å²) in [7, 11) is 4.84. The van der Waals surface area contributed by atoms with Crippen molar-refractivity contribution in [2.75, 3.05) is 34.4 Å². The molecule has 0 aromatic heterocycles. The summed E-state index contributed by atoms with van der Waals surface area (Å²) in [6, 6.07) is 3.69. The van der Waals surface area contributed by atoms with Crippen molar-refractivity contribution in [3.05, 3.63) is 17.7 Å². The van der Waals surface area contributed by atoms with Crippen molar-refractivity contribution in [1.29, 1.82) is 0 Å². The number of rotatable bonds is 5. The van der Waals surface area contributed by atoms with E-state index in [4.69, 9.17) is 19.9 Å². The van der Waals surface area contributed by atoms with Crippen molar-refractivity contribution in [3.8, 4) is 17.2 Å². The van der Waals surface area contributed by atoms with E-state index in [1.54, 1.807) is 21.3 Å². The largest absolute Gasteiger partial charge is 0.496 e. The average Bonchev–Trinajstić information content (AvgIpc) is 2.58. The molecule has 0 amide bonds. The maximum Gasteiger partial charge on any atom is 0.191 e. The number of guanidine groups is 1. The predicted molar refractivity (Wildman–Crippen MR) is 91.4 cm³/mol. The summed E-state index contributed by atoms with van der Waals surface area (Å²) >= 11 is 0. The van der Waals surface area contributed by atoms with E-state index in [0.717, 1.165) is 25.1 Å². The van der Waals surface area contributed by atoms with Crippen molar-refractivity contribution in [3.63, 3.8) is 0 Å². The maximum absolute atomic E-state index is 6.16. The number of nitrogens with two attached hydrogens (primary N) is 1. The number of piperidine rings is 1.